The molecule has 1 aromatic rings. The third-order valence-electron chi connectivity index (χ3n) is 2.70. The lowest BCUT2D eigenvalue weighted by Crippen LogP contribution is -2.10. The molecule has 0 bridgehead atoms. The summed E-state index contributed by atoms with van der Waals surface area (Å²) in [4.78, 5) is 11.8. The predicted molar refractivity (Wildman–Crippen MR) is 65.9 cm³/mol. The van der Waals surface area contributed by atoms with E-state index in [2.05, 4.69) is 6.07 Å². The van der Waals surface area contributed by atoms with Gasteiger partial charge in [0.2, 0.25) is 0 Å². The molecule has 0 saturated heterocycles. The van der Waals surface area contributed by atoms with E-state index < -0.39 is 0 Å². The molecular weight excluding hydrogens is 214 g/mol. The maximum Gasteiger partial charge on any atom is 0.338 e. The van der Waals surface area contributed by atoms with Crippen molar-refractivity contribution < 1.29 is 9.53 Å². The van der Waals surface area contributed by atoms with Crippen molar-refractivity contribution in [2.75, 3.05) is 6.61 Å². The summed E-state index contributed by atoms with van der Waals surface area (Å²) in [6.45, 7) is 6.15. The second-order valence-electron chi connectivity index (χ2n) is 3.70. The largest absolute Gasteiger partial charge is 0.462 e. The first-order chi connectivity index (χ1) is 8.17. The molecule has 1 rings (SSSR count). The number of nitrogens with zero attached hydrogens (tertiary/aromatic N) is 1. The quantitative estimate of drug-likeness (QED) is 0.749. The minimum Gasteiger partial charge on any atom is -0.462 e. The van der Waals surface area contributed by atoms with Crippen LogP contribution in [-0.2, 0) is 17.6 Å². The highest BCUT2D eigenvalue weighted by atomic mass is 16.5. The van der Waals surface area contributed by atoms with Crippen molar-refractivity contribution in [1.29, 1.82) is 5.26 Å². The molecule has 0 amide bonds. The highest BCUT2D eigenvalue weighted by Gasteiger charge is 2.15. The summed E-state index contributed by atoms with van der Waals surface area (Å²) in [5.41, 5.74) is 3.09. The molecule has 90 valence electrons. The molecule has 1 aromatic carbocycles. The maximum absolute atomic E-state index is 11.8. The van der Waals surface area contributed by atoms with Gasteiger partial charge in [0.15, 0.2) is 0 Å². The number of ether oxygens (including phenoxy) is 1. The van der Waals surface area contributed by atoms with Gasteiger partial charge in [0.25, 0.3) is 0 Å². The predicted octanol–water partition coefficient (Wildman–Crippen LogP) is 2.86. The SMILES string of the molecule is CCOC(=O)c1cc(C#N)cc(CC)c1CC. The van der Waals surface area contributed by atoms with Gasteiger partial charge in [-0.15, -0.1) is 0 Å². The molecular formula is C14H17NO2. The molecule has 0 N–H and O–H groups in total. The summed E-state index contributed by atoms with van der Waals surface area (Å²) in [5.74, 6) is -0.337. The Morgan fingerprint density at radius 3 is 2.47 bits per heavy atom. The molecule has 0 spiro atoms. The minimum atomic E-state index is -0.337. The van der Waals surface area contributed by atoms with Crippen LogP contribution in [0.2, 0.25) is 0 Å². The molecule has 0 aromatic heterocycles. The van der Waals surface area contributed by atoms with Crippen molar-refractivity contribution in [3.05, 3.63) is 34.4 Å². The van der Waals surface area contributed by atoms with Crippen molar-refractivity contribution in [3.63, 3.8) is 0 Å². The molecule has 17 heavy (non-hydrogen) atoms. The fraction of sp³-hybridized carbons (Fsp3) is 0.429. The van der Waals surface area contributed by atoms with E-state index >= 15 is 0 Å². The first-order valence-corrected chi connectivity index (χ1v) is 5.90. The molecule has 0 saturated carbocycles. The summed E-state index contributed by atoms with van der Waals surface area (Å²) in [5, 5.41) is 8.96. The number of hydrogen-bond acceptors (Lipinski definition) is 3. The zero-order chi connectivity index (χ0) is 12.8. The van der Waals surface area contributed by atoms with Gasteiger partial charge in [-0.25, -0.2) is 4.79 Å². The molecule has 0 atom stereocenters. The molecule has 3 nitrogen and oxygen atoms in total. The first-order valence-electron chi connectivity index (χ1n) is 5.90. The normalized spacial score (nSPS) is 9.76. The fourth-order valence-electron chi connectivity index (χ4n) is 1.92. The molecule has 0 heterocycles. The second kappa shape index (κ2) is 6.05. The zero-order valence-corrected chi connectivity index (χ0v) is 10.5. The van der Waals surface area contributed by atoms with Crippen LogP contribution in [0.25, 0.3) is 0 Å². The van der Waals surface area contributed by atoms with E-state index in [0.717, 1.165) is 24.0 Å². The fourth-order valence-corrected chi connectivity index (χ4v) is 1.92. The average Bonchev–Trinajstić information content (AvgIpc) is 2.37. The van der Waals surface area contributed by atoms with Gasteiger partial charge in [-0.1, -0.05) is 13.8 Å². The molecule has 3 heteroatoms. The van der Waals surface area contributed by atoms with Crippen LogP contribution < -0.4 is 0 Å². The van der Waals surface area contributed by atoms with Gasteiger partial charge in [-0.05, 0) is 43.0 Å². The molecule has 0 radical (unpaired) electrons. The van der Waals surface area contributed by atoms with Gasteiger partial charge in [0.1, 0.15) is 0 Å². The van der Waals surface area contributed by atoms with Crippen LogP contribution in [-0.4, -0.2) is 12.6 Å². The molecule has 0 aliphatic heterocycles. The Kier molecular flexibility index (Phi) is 4.71. The number of rotatable bonds is 4. The van der Waals surface area contributed by atoms with Crippen LogP contribution in [0.3, 0.4) is 0 Å². The Bertz CT molecular complexity index is 458. The Balaban J connectivity index is 3.35. The summed E-state index contributed by atoms with van der Waals surface area (Å²) in [6.07, 6.45) is 1.58. The Hall–Kier alpha value is -1.82. The van der Waals surface area contributed by atoms with Gasteiger partial charge < -0.3 is 4.74 Å². The van der Waals surface area contributed by atoms with Crippen molar-refractivity contribution in [1.82, 2.24) is 0 Å². The number of carbonyl (C=O) groups is 1. The van der Waals surface area contributed by atoms with Crippen LogP contribution in [0.1, 0.15) is 47.8 Å². The van der Waals surface area contributed by atoms with Gasteiger partial charge in [-0.2, -0.15) is 5.26 Å². The van der Waals surface area contributed by atoms with E-state index in [1.54, 1.807) is 13.0 Å². The zero-order valence-electron chi connectivity index (χ0n) is 10.5. The second-order valence-corrected chi connectivity index (χ2v) is 3.70. The molecule has 0 aliphatic rings. The molecule has 0 unspecified atom stereocenters. The monoisotopic (exact) mass is 231 g/mol. The van der Waals surface area contributed by atoms with E-state index in [1.807, 2.05) is 19.9 Å². The lowest BCUT2D eigenvalue weighted by Gasteiger charge is -2.12. The van der Waals surface area contributed by atoms with Crippen molar-refractivity contribution in [2.24, 2.45) is 0 Å². The number of hydrogen-bond donors (Lipinski definition) is 0. The van der Waals surface area contributed by atoms with E-state index in [4.69, 9.17) is 10.00 Å². The summed E-state index contributed by atoms with van der Waals surface area (Å²) in [6, 6.07) is 5.55. The highest BCUT2D eigenvalue weighted by molar-refractivity contribution is 5.92. The van der Waals surface area contributed by atoms with Crippen LogP contribution in [0.4, 0.5) is 0 Å². The number of benzene rings is 1. The number of esters is 1. The van der Waals surface area contributed by atoms with Gasteiger partial charge in [0.05, 0.1) is 23.8 Å². The molecule has 0 aliphatic carbocycles. The van der Waals surface area contributed by atoms with E-state index in [1.165, 1.54) is 0 Å². The Morgan fingerprint density at radius 2 is 2.00 bits per heavy atom. The lowest BCUT2D eigenvalue weighted by molar-refractivity contribution is 0.0525. The van der Waals surface area contributed by atoms with E-state index in [-0.39, 0.29) is 5.97 Å². The summed E-state index contributed by atoms with van der Waals surface area (Å²) in [7, 11) is 0. The van der Waals surface area contributed by atoms with Crippen LogP contribution >= 0.6 is 0 Å². The van der Waals surface area contributed by atoms with Crippen LogP contribution in [0.5, 0.6) is 0 Å². The highest BCUT2D eigenvalue weighted by Crippen LogP contribution is 2.20. The van der Waals surface area contributed by atoms with Crippen LogP contribution in [0.15, 0.2) is 12.1 Å². The maximum atomic E-state index is 11.8. The van der Waals surface area contributed by atoms with Crippen molar-refractivity contribution in [2.45, 2.75) is 33.6 Å². The Morgan fingerprint density at radius 1 is 1.29 bits per heavy atom. The number of nitriles is 1. The smallest absolute Gasteiger partial charge is 0.338 e. The third kappa shape index (κ3) is 2.85. The van der Waals surface area contributed by atoms with Crippen LogP contribution in [0, 0.1) is 11.3 Å². The van der Waals surface area contributed by atoms with Gasteiger partial charge in [-0.3, -0.25) is 0 Å². The van der Waals surface area contributed by atoms with Gasteiger partial charge >= 0.3 is 5.97 Å². The van der Waals surface area contributed by atoms with E-state index in [0.29, 0.717) is 17.7 Å². The topological polar surface area (TPSA) is 50.1 Å². The molecule has 0 fully saturated rings. The van der Waals surface area contributed by atoms with E-state index in [9.17, 15) is 4.79 Å². The minimum absolute atomic E-state index is 0.337. The standard InChI is InChI=1S/C14H17NO2/c1-4-11-7-10(9-15)8-13(12(11)5-2)14(16)17-6-3/h7-8H,4-6H2,1-3H3. The first kappa shape index (κ1) is 13.2. The number of carbonyl (C=O) groups excluding carboxylic acids is 1. The van der Waals surface area contributed by atoms with Crippen molar-refractivity contribution in [3.8, 4) is 6.07 Å². The summed E-state index contributed by atoms with van der Waals surface area (Å²) >= 11 is 0. The van der Waals surface area contributed by atoms with Gasteiger partial charge in [0, 0.05) is 0 Å². The average molecular weight is 231 g/mol. The lowest BCUT2D eigenvalue weighted by atomic mass is 9.94. The Labute approximate surface area is 102 Å². The van der Waals surface area contributed by atoms with Crippen molar-refractivity contribution >= 4 is 5.97 Å². The third-order valence-corrected chi connectivity index (χ3v) is 2.70. The summed E-state index contributed by atoms with van der Waals surface area (Å²) < 4.78 is 5.02. The number of aryl methyl sites for hydroxylation is 1.